The Bertz CT molecular complexity index is 1480. The fourth-order valence-electron chi connectivity index (χ4n) is 4.90. The van der Waals surface area contributed by atoms with Gasteiger partial charge in [-0.15, -0.1) is 0 Å². The second-order valence-corrected chi connectivity index (χ2v) is 9.32. The van der Waals surface area contributed by atoms with E-state index in [-0.39, 0.29) is 5.91 Å². The molecule has 1 aromatic carbocycles. The van der Waals surface area contributed by atoms with Crippen molar-refractivity contribution in [3.05, 3.63) is 102 Å². The Labute approximate surface area is 215 Å². The molecule has 0 radical (unpaired) electrons. The molecule has 1 amide bonds. The zero-order valence-electron chi connectivity index (χ0n) is 20.5. The summed E-state index contributed by atoms with van der Waals surface area (Å²) in [5.74, 6) is 0.786. The highest BCUT2D eigenvalue weighted by Gasteiger charge is 2.24. The van der Waals surface area contributed by atoms with Crippen molar-refractivity contribution < 1.29 is 9.21 Å². The lowest BCUT2D eigenvalue weighted by molar-refractivity contribution is 0.0763. The highest BCUT2D eigenvalue weighted by atomic mass is 16.3. The van der Waals surface area contributed by atoms with Gasteiger partial charge in [-0.2, -0.15) is 5.10 Å². The molecule has 0 N–H and O–H groups in total. The zero-order chi connectivity index (χ0) is 25.0. The maximum atomic E-state index is 13.9. The first-order valence-corrected chi connectivity index (χ1v) is 12.6. The van der Waals surface area contributed by atoms with Crippen LogP contribution in [0.1, 0.15) is 28.1 Å². The van der Waals surface area contributed by atoms with Crippen LogP contribution in [0.15, 0.2) is 89.9 Å². The van der Waals surface area contributed by atoms with E-state index < -0.39 is 0 Å². The van der Waals surface area contributed by atoms with Crippen LogP contribution in [0.4, 0.5) is 0 Å². The molecule has 1 saturated heterocycles. The minimum atomic E-state index is 0.0108. The predicted molar refractivity (Wildman–Crippen MR) is 141 cm³/mol. The van der Waals surface area contributed by atoms with Crippen molar-refractivity contribution in [2.24, 2.45) is 0 Å². The standard InChI is InChI=1S/C29H28N6O2/c36-29(34-13-6-12-33(14-15-34)20-22-7-2-1-3-8-22)25-17-27(23-9-4-11-30-18-23)32-28-26(25)19-31-35(28)21-24-10-5-16-37-24/h1-5,7-11,16-19H,6,12-15,20-21H2. The molecule has 0 aliphatic carbocycles. The van der Waals surface area contributed by atoms with Gasteiger partial charge in [-0.25, -0.2) is 9.67 Å². The third-order valence-corrected chi connectivity index (χ3v) is 6.81. The summed E-state index contributed by atoms with van der Waals surface area (Å²) in [6, 6.07) is 20.0. The van der Waals surface area contributed by atoms with Crippen molar-refractivity contribution >= 4 is 16.9 Å². The summed E-state index contributed by atoms with van der Waals surface area (Å²) in [4.78, 5) is 27.5. The molecule has 6 rings (SSSR count). The minimum absolute atomic E-state index is 0.0108. The summed E-state index contributed by atoms with van der Waals surface area (Å²) in [6.07, 6.45) is 7.81. The summed E-state index contributed by atoms with van der Waals surface area (Å²) in [6.45, 7) is 4.53. The summed E-state index contributed by atoms with van der Waals surface area (Å²) in [7, 11) is 0. The lowest BCUT2D eigenvalue weighted by Crippen LogP contribution is -2.35. The lowest BCUT2D eigenvalue weighted by atomic mass is 10.1. The molecule has 1 fully saturated rings. The Hall–Kier alpha value is -4.30. The third-order valence-electron chi connectivity index (χ3n) is 6.81. The molecule has 8 heteroatoms. The van der Waals surface area contributed by atoms with Gasteiger partial charge in [-0.05, 0) is 42.3 Å². The number of hydrogen-bond acceptors (Lipinski definition) is 6. The predicted octanol–water partition coefficient (Wildman–Crippen LogP) is 4.48. The van der Waals surface area contributed by atoms with Gasteiger partial charge in [-0.1, -0.05) is 30.3 Å². The number of pyridine rings is 2. The first-order valence-electron chi connectivity index (χ1n) is 12.6. The molecule has 4 aromatic heterocycles. The average Bonchev–Trinajstić information content (AvgIpc) is 3.54. The molecule has 1 aliphatic heterocycles. The first-order chi connectivity index (χ1) is 18.2. The number of fused-ring (bicyclic) bond motifs is 1. The van der Waals surface area contributed by atoms with Crippen LogP contribution >= 0.6 is 0 Å². The van der Waals surface area contributed by atoms with Crippen molar-refractivity contribution in [1.29, 1.82) is 0 Å². The molecule has 8 nitrogen and oxygen atoms in total. The van der Waals surface area contributed by atoms with Crippen LogP contribution in [0, 0.1) is 0 Å². The minimum Gasteiger partial charge on any atom is -0.467 e. The maximum absolute atomic E-state index is 13.9. The monoisotopic (exact) mass is 492 g/mol. The van der Waals surface area contributed by atoms with Gasteiger partial charge >= 0.3 is 0 Å². The zero-order valence-corrected chi connectivity index (χ0v) is 20.5. The van der Waals surface area contributed by atoms with Crippen LogP contribution in [-0.2, 0) is 13.1 Å². The van der Waals surface area contributed by atoms with E-state index in [9.17, 15) is 4.79 Å². The Balaban J connectivity index is 1.31. The molecule has 0 saturated carbocycles. The highest BCUT2D eigenvalue weighted by Crippen LogP contribution is 2.26. The molecule has 0 atom stereocenters. The quantitative estimate of drug-likeness (QED) is 0.348. The molecule has 0 unspecified atom stereocenters. The van der Waals surface area contributed by atoms with Gasteiger partial charge in [-0.3, -0.25) is 14.7 Å². The molecule has 186 valence electrons. The van der Waals surface area contributed by atoms with Gasteiger partial charge in [0.2, 0.25) is 0 Å². The van der Waals surface area contributed by atoms with E-state index in [1.165, 1.54) is 5.56 Å². The van der Waals surface area contributed by atoms with Crippen LogP contribution in [0.3, 0.4) is 0 Å². The number of nitrogens with zero attached hydrogens (tertiary/aromatic N) is 6. The number of benzene rings is 1. The van der Waals surface area contributed by atoms with Gasteiger partial charge in [0.15, 0.2) is 5.65 Å². The molecule has 5 aromatic rings. The fourth-order valence-corrected chi connectivity index (χ4v) is 4.90. The Morgan fingerprint density at radius 3 is 2.65 bits per heavy atom. The van der Waals surface area contributed by atoms with E-state index in [1.807, 2.05) is 41.3 Å². The van der Waals surface area contributed by atoms with Crippen molar-refractivity contribution in [2.45, 2.75) is 19.5 Å². The molecule has 1 aliphatic rings. The van der Waals surface area contributed by atoms with Crippen molar-refractivity contribution in [3.8, 4) is 11.3 Å². The maximum Gasteiger partial charge on any atom is 0.254 e. The van der Waals surface area contributed by atoms with Crippen molar-refractivity contribution in [3.63, 3.8) is 0 Å². The summed E-state index contributed by atoms with van der Waals surface area (Å²) in [5, 5.41) is 5.32. The van der Waals surface area contributed by atoms with Gasteiger partial charge in [0.1, 0.15) is 12.3 Å². The lowest BCUT2D eigenvalue weighted by Gasteiger charge is -2.22. The van der Waals surface area contributed by atoms with E-state index in [0.717, 1.165) is 49.3 Å². The number of hydrogen-bond donors (Lipinski definition) is 0. The second kappa shape index (κ2) is 10.4. The van der Waals surface area contributed by atoms with Gasteiger partial charge in [0, 0.05) is 50.7 Å². The molecule has 0 bridgehead atoms. The number of amides is 1. The number of carbonyl (C=O) groups excluding carboxylic acids is 1. The topological polar surface area (TPSA) is 80.3 Å². The van der Waals surface area contributed by atoms with Crippen LogP contribution in [-0.4, -0.2) is 61.6 Å². The molecule has 5 heterocycles. The van der Waals surface area contributed by atoms with Crippen LogP contribution in [0.5, 0.6) is 0 Å². The molecule has 37 heavy (non-hydrogen) atoms. The van der Waals surface area contributed by atoms with E-state index in [0.29, 0.717) is 30.0 Å². The Morgan fingerprint density at radius 2 is 1.84 bits per heavy atom. The SMILES string of the molecule is O=C(c1cc(-c2cccnc2)nc2c1cnn2Cc1ccco1)N1CCCN(Cc2ccccc2)CC1. The molecular formula is C29H28N6O2. The van der Waals surface area contributed by atoms with E-state index in [4.69, 9.17) is 9.40 Å². The van der Waals surface area contributed by atoms with Crippen LogP contribution in [0.2, 0.25) is 0 Å². The van der Waals surface area contributed by atoms with Crippen molar-refractivity contribution in [2.75, 3.05) is 26.2 Å². The smallest absolute Gasteiger partial charge is 0.254 e. The Morgan fingerprint density at radius 1 is 0.919 bits per heavy atom. The van der Waals surface area contributed by atoms with Crippen LogP contribution in [0.25, 0.3) is 22.3 Å². The summed E-state index contributed by atoms with van der Waals surface area (Å²) < 4.78 is 7.32. The number of carbonyl (C=O) groups is 1. The van der Waals surface area contributed by atoms with Crippen molar-refractivity contribution in [1.82, 2.24) is 29.5 Å². The number of rotatable bonds is 6. The van der Waals surface area contributed by atoms with Gasteiger partial charge in [0.25, 0.3) is 5.91 Å². The fraction of sp³-hybridized carbons (Fsp3) is 0.241. The van der Waals surface area contributed by atoms with Gasteiger partial charge < -0.3 is 9.32 Å². The third kappa shape index (κ3) is 5.01. The number of furan rings is 1. The Kier molecular flexibility index (Phi) is 6.47. The highest BCUT2D eigenvalue weighted by molar-refractivity contribution is 6.06. The summed E-state index contributed by atoms with van der Waals surface area (Å²) in [5.41, 5.74) is 4.12. The van der Waals surface area contributed by atoms with E-state index in [1.54, 1.807) is 29.5 Å². The largest absolute Gasteiger partial charge is 0.467 e. The van der Waals surface area contributed by atoms with E-state index in [2.05, 4.69) is 39.2 Å². The normalized spacial score (nSPS) is 14.6. The van der Waals surface area contributed by atoms with Gasteiger partial charge in [0.05, 0.1) is 29.1 Å². The second-order valence-electron chi connectivity index (χ2n) is 9.32. The molecular weight excluding hydrogens is 464 g/mol. The number of aromatic nitrogens is 4. The first kappa shape index (κ1) is 23.1. The van der Waals surface area contributed by atoms with E-state index >= 15 is 0 Å². The van der Waals surface area contributed by atoms with Crippen LogP contribution < -0.4 is 0 Å². The molecule has 0 spiro atoms. The summed E-state index contributed by atoms with van der Waals surface area (Å²) >= 11 is 0. The average molecular weight is 493 g/mol.